The number of hydrogen-bond donors (Lipinski definition) is 1. The highest BCUT2D eigenvalue weighted by atomic mass is 79.9. The highest BCUT2D eigenvalue weighted by Crippen LogP contribution is 2.35. The fraction of sp³-hybridized carbons (Fsp3) is 0. The molecule has 5 aromatic rings. The number of anilines is 1. The normalized spacial score (nSPS) is 11.0. The van der Waals surface area contributed by atoms with E-state index in [-0.39, 0.29) is 11.7 Å². The average molecular weight is 510 g/mol. The summed E-state index contributed by atoms with van der Waals surface area (Å²) in [5, 5.41) is 4.20. The minimum absolute atomic E-state index is 0.226. The molecule has 1 amide bonds. The van der Waals surface area contributed by atoms with Crippen molar-refractivity contribution < 1.29 is 9.21 Å². The summed E-state index contributed by atoms with van der Waals surface area (Å²) in [6, 6.07) is 24.5. The van der Waals surface area contributed by atoms with Crippen LogP contribution in [-0.2, 0) is 0 Å². The Hall–Kier alpha value is -2.93. The predicted molar refractivity (Wildman–Crippen MR) is 130 cm³/mol. The third-order valence-electron chi connectivity index (χ3n) is 4.71. The summed E-state index contributed by atoms with van der Waals surface area (Å²) in [5.41, 5.74) is 3.25. The van der Waals surface area contributed by atoms with Crippen LogP contribution in [0.1, 0.15) is 10.6 Å². The molecule has 0 spiro atoms. The predicted octanol–water partition coefficient (Wildman–Crippen LogP) is 7.89. The molecule has 7 heteroatoms. The molecule has 0 radical (unpaired) electrons. The molecular formula is C24H14BrClN2O2S. The van der Waals surface area contributed by atoms with Crippen molar-refractivity contribution in [2.45, 2.75) is 0 Å². The second kappa shape index (κ2) is 8.30. The van der Waals surface area contributed by atoms with E-state index in [1.54, 1.807) is 29.5 Å². The van der Waals surface area contributed by atoms with Gasteiger partial charge in [-0.15, -0.1) is 11.3 Å². The molecule has 0 aliphatic rings. The molecule has 0 fully saturated rings. The summed E-state index contributed by atoms with van der Waals surface area (Å²) in [6.07, 6.45) is 0. The smallest absolute Gasteiger partial charge is 0.291 e. The van der Waals surface area contributed by atoms with Gasteiger partial charge in [0.2, 0.25) is 0 Å². The number of fused-ring (bicyclic) bond motifs is 1. The van der Waals surface area contributed by atoms with Crippen molar-refractivity contribution in [3.8, 4) is 21.9 Å². The van der Waals surface area contributed by atoms with Crippen LogP contribution in [0, 0.1) is 0 Å². The molecule has 4 nitrogen and oxygen atoms in total. The second-order valence-corrected chi connectivity index (χ2v) is 9.16. The summed E-state index contributed by atoms with van der Waals surface area (Å²) in [5.74, 6) is 0.512. The maximum atomic E-state index is 12.6. The van der Waals surface area contributed by atoms with E-state index in [1.807, 2.05) is 60.7 Å². The van der Waals surface area contributed by atoms with E-state index >= 15 is 0 Å². The third kappa shape index (κ3) is 4.14. The summed E-state index contributed by atoms with van der Waals surface area (Å²) in [6.45, 7) is 0. The standard InChI is InChI=1S/C24H14BrClN2O2S/c25-15-7-5-14(6-8-15)20-11-12-21(30-20)23(29)27-16-9-10-17(18(26)13-16)24-28-19-3-1-2-4-22(19)31-24/h1-13H,(H,27,29). The lowest BCUT2D eigenvalue weighted by Gasteiger charge is -2.06. The Morgan fingerprint density at radius 3 is 2.58 bits per heavy atom. The lowest BCUT2D eigenvalue weighted by atomic mass is 10.2. The Kier molecular flexibility index (Phi) is 5.36. The molecule has 2 heterocycles. The van der Waals surface area contributed by atoms with Gasteiger partial charge in [0, 0.05) is 21.3 Å². The highest BCUT2D eigenvalue weighted by Gasteiger charge is 2.15. The van der Waals surface area contributed by atoms with E-state index in [0.29, 0.717) is 16.5 Å². The monoisotopic (exact) mass is 508 g/mol. The lowest BCUT2D eigenvalue weighted by molar-refractivity contribution is 0.0997. The van der Waals surface area contributed by atoms with E-state index in [1.165, 1.54) is 0 Å². The first-order valence-electron chi connectivity index (χ1n) is 9.39. The Bertz CT molecular complexity index is 1380. The summed E-state index contributed by atoms with van der Waals surface area (Å²) >= 11 is 11.5. The van der Waals surface area contributed by atoms with Crippen LogP contribution in [0.2, 0.25) is 5.02 Å². The van der Waals surface area contributed by atoms with E-state index in [2.05, 4.69) is 26.2 Å². The first-order chi connectivity index (χ1) is 15.1. The number of furan rings is 1. The number of nitrogens with zero attached hydrogens (tertiary/aromatic N) is 1. The number of para-hydroxylation sites is 1. The topological polar surface area (TPSA) is 55.1 Å². The quantitative estimate of drug-likeness (QED) is 0.268. The van der Waals surface area contributed by atoms with Crippen molar-refractivity contribution >= 4 is 60.7 Å². The highest BCUT2D eigenvalue weighted by molar-refractivity contribution is 9.10. The second-order valence-electron chi connectivity index (χ2n) is 6.81. The number of hydrogen-bond acceptors (Lipinski definition) is 4. The van der Waals surface area contributed by atoms with Gasteiger partial charge in [-0.3, -0.25) is 4.79 Å². The zero-order chi connectivity index (χ0) is 21.4. The zero-order valence-electron chi connectivity index (χ0n) is 15.9. The first kappa shape index (κ1) is 20.0. The van der Waals surface area contributed by atoms with Gasteiger partial charge in [0.1, 0.15) is 10.8 Å². The van der Waals surface area contributed by atoms with Gasteiger partial charge < -0.3 is 9.73 Å². The Labute approximate surface area is 195 Å². The molecular weight excluding hydrogens is 496 g/mol. The number of benzene rings is 3. The average Bonchev–Trinajstić information content (AvgIpc) is 3.42. The van der Waals surface area contributed by atoms with Crippen LogP contribution < -0.4 is 5.32 Å². The molecule has 0 saturated carbocycles. The third-order valence-corrected chi connectivity index (χ3v) is 6.62. The summed E-state index contributed by atoms with van der Waals surface area (Å²) in [7, 11) is 0. The lowest BCUT2D eigenvalue weighted by Crippen LogP contribution is -2.10. The zero-order valence-corrected chi connectivity index (χ0v) is 19.1. The molecule has 0 atom stereocenters. The van der Waals surface area contributed by atoms with Gasteiger partial charge in [0.15, 0.2) is 5.76 Å². The van der Waals surface area contributed by atoms with Crippen LogP contribution in [0.4, 0.5) is 5.69 Å². The van der Waals surface area contributed by atoms with E-state index in [0.717, 1.165) is 30.8 Å². The van der Waals surface area contributed by atoms with Gasteiger partial charge in [-0.1, -0.05) is 51.8 Å². The molecule has 0 unspecified atom stereocenters. The summed E-state index contributed by atoms with van der Waals surface area (Å²) in [4.78, 5) is 17.3. The SMILES string of the molecule is O=C(Nc1ccc(-c2nc3ccccc3s2)c(Cl)c1)c1ccc(-c2ccc(Br)cc2)o1. The van der Waals surface area contributed by atoms with Crippen molar-refractivity contribution in [1.29, 1.82) is 0 Å². The molecule has 0 aliphatic heterocycles. The molecule has 0 bridgehead atoms. The van der Waals surface area contributed by atoms with Gasteiger partial charge in [0.25, 0.3) is 5.91 Å². The van der Waals surface area contributed by atoms with Gasteiger partial charge in [-0.05, 0) is 54.6 Å². The first-order valence-corrected chi connectivity index (χ1v) is 11.4. The Morgan fingerprint density at radius 2 is 1.81 bits per heavy atom. The van der Waals surface area contributed by atoms with Gasteiger partial charge in [-0.2, -0.15) is 0 Å². The molecule has 5 rings (SSSR count). The van der Waals surface area contributed by atoms with Crippen LogP contribution in [0.5, 0.6) is 0 Å². The molecule has 152 valence electrons. The molecule has 1 N–H and O–H groups in total. The van der Waals surface area contributed by atoms with Gasteiger partial charge in [-0.25, -0.2) is 4.98 Å². The number of carbonyl (C=O) groups is 1. The Balaban J connectivity index is 1.35. The molecule has 2 aromatic heterocycles. The van der Waals surface area contributed by atoms with Crippen molar-refractivity contribution in [1.82, 2.24) is 4.98 Å². The maximum Gasteiger partial charge on any atom is 0.291 e. The fourth-order valence-electron chi connectivity index (χ4n) is 3.18. The maximum absolute atomic E-state index is 12.6. The number of aromatic nitrogens is 1. The van der Waals surface area contributed by atoms with Crippen molar-refractivity contribution in [2.24, 2.45) is 0 Å². The van der Waals surface area contributed by atoms with E-state index in [9.17, 15) is 4.79 Å². The fourth-order valence-corrected chi connectivity index (χ4v) is 4.77. The number of rotatable bonds is 4. The van der Waals surface area contributed by atoms with Crippen molar-refractivity contribution in [2.75, 3.05) is 5.32 Å². The van der Waals surface area contributed by atoms with Crippen LogP contribution in [0.15, 0.2) is 87.8 Å². The van der Waals surface area contributed by atoms with Crippen LogP contribution in [0.3, 0.4) is 0 Å². The van der Waals surface area contributed by atoms with E-state index in [4.69, 9.17) is 16.0 Å². The largest absolute Gasteiger partial charge is 0.451 e. The van der Waals surface area contributed by atoms with E-state index < -0.39 is 0 Å². The minimum Gasteiger partial charge on any atom is -0.451 e. The number of nitrogens with one attached hydrogen (secondary N) is 1. The minimum atomic E-state index is -0.341. The molecule has 31 heavy (non-hydrogen) atoms. The molecule has 0 saturated heterocycles. The van der Waals surface area contributed by atoms with Crippen molar-refractivity contribution in [3.63, 3.8) is 0 Å². The molecule has 3 aromatic carbocycles. The summed E-state index contributed by atoms with van der Waals surface area (Å²) < 4.78 is 7.81. The van der Waals surface area contributed by atoms with Crippen LogP contribution in [-0.4, -0.2) is 10.9 Å². The van der Waals surface area contributed by atoms with Gasteiger partial charge >= 0.3 is 0 Å². The van der Waals surface area contributed by atoms with Crippen molar-refractivity contribution in [3.05, 3.63) is 94.1 Å². The Morgan fingerprint density at radius 1 is 1.00 bits per heavy atom. The molecule has 0 aliphatic carbocycles. The van der Waals surface area contributed by atoms with Gasteiger partial charge in [0.05, 0.1) is 15.2 Å². The number of carbonyl (C=O) groups excluding carboxylic acids is 1. The number of halogens is 2. The van der Waals surface area contributed by atoms with Crippen LogP contribution in [0.25, 0.3) is 32.1 Å². The van der Waals surface area contributed by atoms with Crippen LogP contribution >= 0.6 is 38.9 Å². The number of amides is 1. The number of thiazole rings is 1.